The van der Waals surface area contributed by atoms with Gasteiger partial charge in [-0.3, -0.25) is 4.79 Å². The maximum Gasteiger partial charge on any atom is 0.307 e. The van der Waals surface area contributed by atoms with E-state index in [0.717, 1.165) is 0 Å². The molecule has 0 radical (unpaired) electrons. The molecule has 1 unspecified atom stereocenters. The standard InChI is InChI=1S/C11H17NO2S/c1-8-5-6-15-11(8)9(12(2)3)7-10(13)14-4/h5-6,9H,7H2,1-4H3. The largest absolute Gasteiger partial charge is 0.469 e. The highest BCUT2D eigenvalue weighted by Crippen LogP contribution is 2.29. The van der Waals surface area contributed by atoms with E-state index in [-0.39, 0.29) is 12.0 Å². The Labute approximate surface area is 94.7 Å². The van der Waals surface area contributed by atoms with E-state index >= 15 is 0 Å². The van der Waals surface area contributed by atoms with Gasteiger partial charge in [-0.2, -0.15) is 0 Å². The Balaban J connectivity index is 2.84. The van der Waals surface area contributed by atoms with Crippen LogP contribution in [0.25, 0.3) is 0 Å². The number of thiophene rings is 1. The molecule has 1 heterocycles. The van der Waals surface area contributed by atoms with Gasteiger partial charge in [0.25, 0.3) is 0 Å². The molecule has 0 saturated heterocycles. The monoisotopic (exact) mass is 227 g/mol. The Morgan fingerprint density at radius 1 is 1.60 bits per heavy atom. The number of carbonyl (C=O) groups excluding carboxylic acids is 1. The molecule has 0 aromatic carbocycles. The molecule has 0 spiro atoms. The SMILES string of the molecule is COC(=O)CC(c1sccc1C)N(C)C. The van der Waals surface area contributed by atoms with Crippen LogP contribution in [-0.4, -0.2) is 32.1 Å². The van der Waals surface area contributed by atoms with Crippen LogP contribution in [0.2, 0.25) is 0 Å². The van der Waals surface area contributed by atoms with Gasteiger partial charge in [-0.1, -0.05) is 0 Å². The molecular weight excluding hydrogens is 210 g/mol. The summed E-state index contributed by atoms with van der Waals surface area (Å²) in [4.78, 5) is 14.6. The number of hydrogen-bond donors (Lipinski definition) is 0. The molecule has 0 aliphatic rings. The summed E-state index contributed by atoms with van der Waals surface area (Å²) in [5, 5.41) is 2.05. The fourth-order valence-electron chi connectivity index (χ4n) is 1.48. The number of aryl methyl sites for hydroxylation is 1. The highest BCUT2D eigenvalue weighted by atomic mass is 32.1. The average molecular weight is 227 g/mol. The lowest BCUT2D eigenvalue weighted by molar-refractivity contribution is -0.141. The van der Waals surface area contributed by atoms with Gasteiger partial charge in [0.1, 0.15) is 0 Å². The molecule has 84 valence electrons. The molecule has 1 atom stereocenters. The molecule has 0 aliphatic carbocycles. The molecule has 1 aromatic rings. The maximum atomic E-state index is 11.3. The van der Waals surface area contributed by atoms with Crippen LogP contribution in [0.4, 0.5) is 0 Å². The van der Waals surface area contributed by atoms with Crippen molar-refractivity contribution in [2.75, 3.05) is 21.2 Å². The normalized spacial score (nSPS) is 12.9. The first-order chi connectivity index (χ1) is 7.06. The van der Waals surface area contributed by atoms with Gasteiger partial charge in [0.2, 0.25) is 0 Å². The molecule has 0 fully saturated rings. The van der Waals surface area contributed by atoms with Crippen LogP contribution in [-0.2, 0) is 9.53 Å². The van der Waals surface area contributed by atoms with Crippen molar-refractivity contribution < 1.29 is 9.53 Å². The first-order valence-electron chi connectivity index (χ1n) is 4.83. The molecule has 0 bridgehead atoms. The Morgan fingerprint density at radius 2 is 2.27 bits per heavy atom. The quantitative estimate of drug-likeness (QED) is 0.739. The molecular formula is C11H17NO2S. The summed E-state index contributed by atoms with van der Waals surface area (Å²) >= 11 is 1.69. The van der Waals surface area contributed by atoms with Crippen molar-refractivity contribution in [3.05, 3.63) is 21.9 Å². The first-order valence-corrected chi connectivity index (χ1v) is 5.71. The highest BCUT2D eigenvalue weighted by Gasteiger charge is 2.21. The van der Waals surface area contributed by atoms with E-state index in [0.29, 0.717) is 6.42 Å². The Hall–Kier alpha value is -0.870. The van der Waals surface area contributed by atoms with E-state index in [9.17, 15) is 4.79 Å². The summed E-state index contributed by atoms with van der Waals surface area (Å²) in [6, 6.07) is 2.20. The summed E-state index contributed by atoms with van der Waals surface area (Å²) in [6.07, 6.45) is 0.408. The molecule has 1 rings (SSSR count). The Bertz CT molecular complexity index is 333. The number of hydrogen-bond acceptors (Lipinski definition) is 4. The van der Waals surface area contributed by atoms with Crippen molar-refractivity contribution >= 4 is 17.3 Å². The van der Waals surface area contributed by atoms with E-state index in [1.807, 2.05) is 14.1 Å². The van der Waals surface area contributed by atoms with Crippen molar-refractivity contribution in [2.45, 2.75) is 19.4 Å². The number of nitrogens with zero attached hydrogens (tertiary/aromatic N) is 1. The van der Waals surface area contributed by atoms with Crippen molar-refractivity contribution in [3.63, 3.8) is 0 Å². The van der Waals surface area contributed by atoms with Gasteiger partial charge in [-0.25, -0.2) is 0 Å². The lowest BCUT2D eigenvalue weighted by Gasteiger charge is -2.22. The minimum atomic E-state index is -0.165. The number of carbonyl (C=O) groups is 1. The van der Waals surface area contributed by atoms with E-state index < -0.39 is 0 Å². The van der Waals surface area contributed by atoms with Crippen LogP contribution in [0.1, 0.15) is 22.9 Å². The molecule has 0 amide bonds. The lowest BCUT2D eigenvalue weighted by atomic mass is 10.1. The lowest BCUT2D eigenvalue weighted by Crippen LogP contribution is -2.23. The zero-order valence-corrected chi connectivity index (χ0v) is 10.4. The second-order valence-electron chi connectivity index (χ2n) is 3.73. The predicted octanol–water partition coefficient (Wildman–Crippen LogP) is 2.22. The second kappa shape index (κ2) is 5.28. The van der Waals surface area contributed by atoms with E-state index in [4.69, 9.17) is 4.74 Å². The van der Waals surface area contributed by atoms with Crippen LogP contribution in [0.15, 0.2) is 11.4 Å². The Morgan fingerprint density at radius 3 is 2.67 bits per heavy atom. The van der Waals surface area contributed by atoms with Crippen LogP contribution >= 0.6 is 11.3 Å². The summed E-state index contributed by atoms with van der Waals surface area (Å²) in [6.45, 7) is 2.07. The molecule has 4 heteroatoms. The third-order valence-electron chi connectivity index (χ3n) is 2.42. The van der Waals surface area contributed by atoms with Crippen LogP contribution in [0, 0.1) is 6.92 Å². The molecule has 1 aromatic heterocycles. The summed E-state index contributed by atoms with van der Waals surface area (Å²) in [5.74, 6) is -0.165. The zero-order chi connectivity index (χ0) is 11.4. The first kappa shape index (κ1) is 12.2. The second-order valence-corrected chi connectivity index (χ2v) is 4.68. The summed E-state index contributed by atoms with van der Waals surface area (Å²) in [5.41, 5.74) is 1.24. The zero-order valence-electron chi connectivity index (χ0n) is 9.61. The smallest absolute Gasteiger partial charge is 0.307 e. The molecule has 15 heavy (non-hydrogen) atoms. The summed E-state index contributed by atoms with van der Waals surface area (Å²) < 4.78 is 4.71. The van der Waals surface area contributed by atoms with E-state index in [1.165, 1.54) is 17.6 Å². The van der Waals surface area contributed by atoms with E-state index in [1.54, 1.807) is 11.3 Å². The van der Waals surface area contributed by atoms with Crippen LogP contribution in [0.3, 0.4) is 0 Å². The number of esters is 1. The molecule has 0 N–H and O–H groups in total. The van der Waals surface area contributed by atoms with Crippen LogP contribution in [0.5, 0.6) is 0 Å². The van der Waals surface area contributed by atoms with Gasteiger partial charge in [0, 0.05) is 4.88 Å². The average Bonchev–Trinajstić information content (AvgIpc) is 2.60. The van der Waals surface area contributed by atoms with Gasteiger partial charge < -0.3 is 9.64 Å². The van der Waals surface area contributed by atoms with Gasteiger partial charge in [-0.05, 0) is 38.0 Å². The van der Waals surface area contributed by atoms with Crippen LogP contribution < -0.4 is 0 Å². The molecule has 3 nitrogen and oxygen atoms in total. The number of methoxy groups -OCH3 is 1. The van der Waals surface area contributed by atoms with Crippen molar-refractivity contribution in [1.82, 2.24) is 4.90 Å². The van der Waals surface area contributed by atoms with Crippen molar-refractivity contribution in [2.24, 2.45) is 0 Å². The topological polar surface area (TPSA) is 29.5 Å². The third kappa shape index (κ3) is 3.04. The highest BCUT2D eigenvalue weighted by molar-refractivity contribution is 7.10. The fraction of sp³-hybridized carbons (Fsp3) is 0.545. The van der Waals surface area contributed by atoms with Gasteiger partial charge >= 0.3 is 5.97 Å². The van der Waals surface area contributed by atoms with Gasteiger partial charge in [0.05, 0.1) is 19.6 Å². The van der Waals surface area contributed by atoms with Gasteiger partial charge in [-0.15, -0.1) is 11.3 Å². The Kier molecular flexibility index (Phi) is 4.29. The van der Waals surface area contributed by atoms with Crippen molar-refractivity contribution in [1.29, 1.82) is 0 Å². The molecule has 0 saturated carbocycles. The summed E-state index contributed by atoms with van der Waals surface area (Å²) in [7, 11) is 5.38. The third-order valence-corrected chi connectivity index (χ3v) is 3.54. The minimum absolute atomic E-state index is 0.123. The molecule has 0 aliphatic heterocycles. The minimum Gasteiger partial charge on any atom is -0.469 e. The number of rotatable bonds is 4. The van der Waals surface area contributed by atoms with E-state index in [2.05, 4.69) is 23.3 Å². The maximum absolute atomic E-state index is 11.3. The fourth-order valence-corrected chi connectivity index (χ4v) is 2.60. The number of ether oxygens (including phenoxy) is 1. The van der Waals surface area contributed by atoms with Crippen molar-refractivity contribution in [3.8, 4) is 0 Å². The van der Waals surface area contributed by atoms with Gasteiger partial charge in [0.15, 0.2) is 0 Å². The predicted molar refractivity (Wildman–Crippen MR) is 62.1 cm³/mol.